The standard InChI is InChI=1S/C6H13NO/c1-6(4-8-2)3-5(6)7/h5H,3-4,7H2,1-2H3/t5-,6+/m0/s1. The van der Waals surface area contributed by atoms with E-state index in [2.05, 4.69) is 6.92 Å². The smallest absolute Gasteiger partial charge is 0.0531 e. The summed E-state index contributed by atoms with van der Waals surface area (Å²) in [7, 11) is 1.72. The Morgan fingerprint density at radius 1 is 1.88 bits per heavy atom. The molecule has 0 saturated heterocycles. The summed E-state index contributed by atoms with van der Waals surface area (Å²) in [6.07, 6.45) is 1.13. The molecular weight excluding hydrogens is 102 g/mol. The molecule has 0 radical (unpaired) electrons. The molecule has 1 aliphatic rings. The quantitative estimate of drug-likeness (QED) is 0.564. The normalized spacial score (nSPS) is 44.6. The Hall–Kier alpha value is -0.0800. The fourth-order valence-corrected chi connectivity index (χ4v) is 0.939. The first-order chi connectivity index (χ1) is 3.69. The first-order valence-corrected chi connectivity index (χ1v) is 2.93. The highest BCUT2D eigenvalue weighted by Crippen LogP contribution is 2.43. The molecule has 0 unspecified atom stereocenters. The van der Waals surface area contributed by atoms with E-state index in [0.717, 1.165) is 13.0 Å². The summed E-state index contributed by atoms with van der Waals surface area (Å²) in [5, 5.41) is 0. The second-order valence-electron chi connectivity index (χ2n) is 2.90. The third-order valence-corrected chi connectivity index (χ3v) is 1.90. The highest BCUT2D eigenvalue weighted by atomic mass is 16.5. The van der Waals surface area contributed by atoms with Crippen molar-refractivity contribution in [3.63, 3.8) is 0 Å². The Balaban J connectivity index is 2.25. The van der Waals surface area contributed by atoms with Crippen LogP contribution in [-0.2, 0) is 4.74 Å². The van der Waals surface area contributed by atoms with Crippen molar-refractivity contribution in [2.75, 3.05) is 13.7 Å². The molecule has 0 heterocycles. The Kier molecular flexibility index (Phi) is 1.29. The Labute approximate surface area is 50.0 Å². The lowest BCUT2D eigenvalue weighted by Crippen LogP contribution is -2.15. The molecule has 2 heteroatoms. The summed E-state index contributed by atoms with van der Waals surface area (Å²) in [6, 6.07) is 0.391. The molecule has 1 rings (SSSR count). The molecular formula is C6H13NO. The van der Waals surface area contributed by atoms with Crippen LogP contribution in [0.15, 0.2) is 0 Å². The second-order valence-corrected chi connectivity index (χ2v) is 2.90. The van der Waals surface area contributed by atoms with Gasteiger partial charge in [0, 0.05) is 18.6 Å². The van der Waals surface area contributed by atoms with Gasteiger partial charge in [-0.2, -0.15) is 0 Å². The topological polar surface area (TPSA) is 35.2 Å². The molecule has 2 N–H and O–H groups in total. The lowest BCUT2D eigenvalue weighted by molar-refractivity contribution is 0.147. The number of nitrogens with two attached hydrogens (primary N) is 1. The monoisotopic (exact) mass is 115 g/mol. The van der Waals surface area contributed by atoms with E-state index in [1.807, 2.05) is 0 Å². The summed E-state index contributed by atoms with van der Waals surface area (Å²) < 4.78 is 4.96. The fourth-order valence-electron chi connectivity index (χ4n) is 0.939. The number of rotatable bonds is 2. The van der Waals surface area contributed by atoms with Crippen LogP contribution in [0.5, 0.6) is 0 Å². The van der Waals surface area contributed by atoms with Crippen molar-refractivity contribution in [3.05, 3.63) is 0 Å². The van der Waals surface area contributed by atoms with Crippen molar-refractivity contribution in [1.29, 1.82) is 0 Å². The van der Waals surface area contributed by atoms with Gasteiger partial charge in [-0.05, 0) is 6.42 Å². The maximum atomic E-state index is 5.61. The summed E-state index contributed by atoms with van der Waals surface area (Å²) in [5.74, 6) is 0. The van der Waals surface area contributed by atoms with Gasteiger partial charge in [0.1, 0.15) is 0 Å². The molecule has 0 bridgehead atoms. The van der Waals surface area contributed by atoms with Crippen LogP contribution in [0.25, 0.3) is 0 Å². The van der Waals surface area contributed by atoms with Gasteiger partial charge in [-0.25, -0.2) is 0 Å². The van der Waals surface area contributed by atoms with E-state index in [1.54, 1.807) is 7.11 Å². The predicted molar refractivity (Wildman–Crippen MR) is 32.6 cm³/mol. The molecule has 0 spiro atoms. The van der Waals surface area contributed by atoms with E-state index < -0.39 is 0 Å². The van der Waals surface area contributed by atoms with Crippen LogP contribution in [0, 0.1) is 5.41 Å². The number of hydrogen-bond acceptors (Lipinski definition) is 2. The van der Waals surface area contributed by atoms with Gasteiger partial charge in [-0.3, -0.25) is 0 Å². The van der Waals surface area contributed by atoms with Crippen LogP contribution in [-0.4, -0.2) is 19.8 Å². The molecule has 1 aliphatic carbocycles. The van der Waals surface area contributed by atoms with E-state index in [-0.39, 0.29) is 0 Å². The Bertz CT molecular complexity index is 94.5. The highest BCUT2D eigenvalue weighted by molar-refractivity contribution is 5.02. The van der Waals surface area contributed by atoms with Crippen molar-refractivity contribution in [2.45, 2.75) is 19.4 Å². The molecule has 2 nitrogen and oxygen atoms in total. The zero-order valence-electron chi connectivity index (χ0n) is 5.48. The van der Waals surface area contributed by atoms with Crippen molar-refractivity contribution in [2.24, 2.45) is 11.1 Å². The zero-order valence-corrected chi connectivity index (χ0v) is 5.48. The van der Waals surface area contributed by atoms with Crippen LogP contribution >= 0.6 is 0 Å². The van der Waals surface area contributed by atoms with Crippen molar-refractivity contribution < 1.29 is 4.74 Å². The predicted octanol–water partition coefficient (Wildman–Crippen LogP) is 0.370. The van der Waals surface area contributed by atoms with E-state index >= 15 is 0 Å². The van der Waals surface area contributed by atoms with Crippen LogP contribution in [0.3, 0.4) is 0 Å². The maximum absolute atomic E-state index is 5.61. The molecule has 0 aliphatic heterocycles. The SMILES string of the molecule is COC[C@@]1(C)C[C@@H]1N. The summed E-state index contributed by atoms with van der Waals surface area (Å²) >= 11 is 0. The highest BCUT2D eigenvalue weighted by Gasteiger charge is 2.47. The molecule has 0 aromatic heterocycles. The molecule has 1 fully saturated rings. The van der Waals surface area contributed by atoms with Crippen molar-refractivity contribution in [3.8, 4) is 0 Å². The summed E-state index contributed by atoms with van der Waals surface area (Å²) in [6.45, 7) is 2.97. The second kappa shape index (κ2) is 1.71. The van der Waals surface area contributed by atoms with Gasteiger partial charge < -0.3 is 10.5 Å². The van der Waals surface area contributed by atoms with Gasteiger partial charge in [-0.1, -0.05) is 6.92 Å². The van der Waals surface area contributed by atoms with Gasteiger partial charge >= 0.3 is 0 Å². The van der Waals surface area contributed by atoms with Crippen molar-refractivity contribution in [1.82, 2.24) is 0 Å². The third-order valence-electron chi connectivity index (χ3n) is 1.90. The minimum atomic E-state index is 0.314. The van der Waals surface area contributed by atoms with Gasteiger partial charge in [0.25, 0.3) is 0 Å². The molecule has 48 valence electrons. The average Bonchev–Trinajstić information content (AvgIpc) is 2.16. The van der Waals surface area contributed by atoms with E-state index in [0.29, 0.717) is 11.5 Å². The first kappa shape index (κ1) is 6.05. The molecule has 8 heavy (non-hydrogen) atoms. The fraction of sp³-hybridized carbons (Fsp3) is 1.00. The van der Waals surface area contributed by atoms with E-state index in [4.69, 9.17) is 10.5 Å². The summed E-state index contributed by atoms with van der Waals surface area (Å²) in [5.41, 5.74) is 5.92. The third kappa shape index (κ3) is 0.858. The molecule has 1 saturated carbocycles. The van der Waals surface area contributed by atoms with Gasteiger partial charge in [-0.15, -0.1) is 0 Å². The van der Waals surface area contributed by atoms with Gasteiger partial charge in [0.15, 0.2) is 0 Å². The van der Waals surface area contributed by atoms with E-state index in [1.165, 1.54) is 0 Å². The molecule has 2 atom stereocenters. The molecule has 0 aromatic rings. The maximum Gasteiger partial charge on any atom is 0.0531 e. The molecule has 0 aromatic carbocycles. The lowest BCUT2D eigenvalue weighted by atomic mass is 10.1. The van der Waals surface area contributed by atoms with Crippen LogP contribution in [0.2, 0.25) is 0 Å². The largest absolute Gasteiger partial charge is 0.384 e. The van der Waals surface area contributed by atoms with E-state index in [9.17, 15) is 0 Å². The zero-order chi connectivity index (χ0) is 6.20. The van der Waals surface area contributed by atoms with Crippen molar-refractivity contribution >= 4 is 0 Å². The lowest BCUT2D eigenvalue weighted by Gasteiger charge is -2.05. The number of hydrogen-bond donors (Lipinski definition) is 1. The average molecular weight is 115 g/mol. The summed E-state index contributed by atoms with van der Waals surface area (Å²) in [4.78, 5) is 0. The Morgan fingerprint density at radius 3 is 2.50 bits per heavy atom. The minimum absolute atomic E-state index is 0.314. The first-order valence-electron chi connectivity index (χ1n) is 2.93. The Morgan fingerprint density at radius 2 is 2.38 bits per heavy atom. The molecule has 0 amide bonds. The minimum Gasteiger partial charge on any atom is -0.384 e. The van der Waals surface area contributed by atoms with Crippen LogP contribution in [0.1, 0.15) is 13.3 Å². The van der Waals surface area contributed by atoms with Gasteiger partial charge in [0.2, 0.25) is 0 Å². The van der Waals surface area contributed by atoms with Gasteiger partial charge in [0.05, 0.1) is 6.61 Å². The van der Waals surface area contributed by atoms with Crippen LogP contribution in [0.4, 0.5) is 0 Å². The number of methoxy groups -OCH3 is 1. The van der Waals surface area contributed by atoms with Crippen LogP contribution < -0.4 is 5.73 Å². The number of ether oxygens (including phenoxy) is 1.